The molecule has 21 heavy (non-hydrogen) atoms. The van der Waals surface area contributed by atoms with Crippen molar-refractivity contribution in [3.63, 3.8) is 0 Å². The highest BCUT2D eigenvalue weighted by atomic mass is 32.2. The topological polar surface area (TPSA) is 49.3 Å². The molecule has 2 aromatic rings. The van der Waals surface area contributed by atoms with Gasteiger partial charge in [0.1, 0.15) is 5.75 Å². The summed E-state index contributed by atoms with van der Waals surface area (Å²) in [5.74, 6) is -3.27. The number of thioether (sulfide) groups is 1. The first-order valence-electron chi connectivity index (χ1n) is 6.12. The van der Waals surface area contributed by atoms with Gasteiger partial charge in [0.05, 0.1) is 11.3 Å². The minimum absolute atomic E-state index is 0.104. The van der Waals surface area contributed by atoms with Crippen molar-refractivity contribution in [1.29, 1.82) is 0 Å². The lowest BCUT2D eigenvalue weighted by atomic mass is 10.1. The number of halogens is 2. The van der Waals surface area contributed by atoms with E-state index in [-0.39, 0.29) is 21.9 Å². The fourth-order valence-corrected chi connectivity index (χ4v) is 2.39. The van der Waals surface area contributed by atoms with Crippen molar-refractivity contribution in [2.45, 2.75) is 17.6 Å². The van der Waals surface area contributed by atoms with Gasteiger partial charge in [-0.3, -0.25) is 4.79 Å². The molecule has 0 saturated heterocycles. The van der Waals surface area contributed by atoms with Crippen LogP contribution in [0, 0.1) is 6.92 Å². The monoisotopic (exact) mass is 309 g/mol. The summed E-state index contributed by atoms with van der Waals surface area (Å²) >= 11 is 0.359. The number of alkyl halides is 2. The second-order valence-electron chi connectivity index (χ2n) is 4.35. The number of phenolic OH excluding ortho intramolecular Hbond substituents is 1. The molecule has 0 fully saturated rings. The van der Waals surface area contributed by atoms with Crippen molar-refractivity contribution in [1.82, 2.24) is 0 Å². The van der Waals surface area contributed by atoms with Gasteiger partial charge in [0.2, 0.25) is 0 Å². The molecule has 0 unspecified atom stereocenters. The molecule has 0 radical (unpaired) electrons. The van der Waals surface area contributed by atoms with Crippen LogP contribution in [0.5, 0.6) is 5.75 Å². The first-order chi connectivity index (χ1) is 9.97. The molecule has 0 spiro atoms. The van der Waals surface area contributed by atoms with E-state index in [1.54, 1.807) is 25.1 Å². The van der Waals surface area contributed by atoms with E-state index < -0.39 is 11.7 Å². The summed E-state index contributed by atoms with van der Waals surface area (Å²) in [6, 6.07) is 10.9. The number of aryl methyl sites for hydroxylation is 1. The highest BCUT2D eigenvalue weighted by Gasteiger charge is 2.15. The molecule has 110 valence electrons. The third-order valence-electron chi connectivity index (χ3n) is 2.75. The third-order valence-corrected chi connectivity index (χ3v) is 3.54. The standard InChI is InChI=1S/C15H13F2NO2S/c1-9-6-7-12(19)10(8-9)14(20)18-11-4-2-3-5-13(11)21-15(16)17/h2-8,15,19H,1H3,(H,18,20). The number of rotatable bonds is 4. The second-order valence-corrected chi connectivity index (χ2v) is 5.38. The molecule has 1 amide bonds. The zero-order valence-electron chi connectivity index (χ0n) is 11.1. The van der Waals surface area contributed by atoms with E-state index in [4.69, 9.17) is 0 Å². The highest BCUT2D eigenvalue weighted by molar-refractivity contribution is 7.99. The van der Waals surface area contributed by atoms with Crippen LogP contribution in [0.2, 0.25) is 0 Å². The first kappa shape index (κ1) is 15.3. The van der Waals surface area contributed by atoms with Crippen LogP contribution in [-0.2, 0) is 0 Å². The number of carbonyl (C=O) groups is 1. The Balaban J connectivity index is 2.25. The summed E-state index contributed by atoms with van der Waals surface area (Å²) in [5, 5.41) is 12.3. The van der Waals surface area contributed by atoms with Gasteiger partial charge < -0.3 is 10.4 Å². The predicted octanol–water partition coefficient (Wildman–Crippen LogP) is 4.27. The summed E-state index contributed by atoms with van der Waals surface area (Å²) in [4.78, 5) is 12.4. The molecule has 2 N–H and O–H groups in total. The maximum atomic E-state index is 12.5. The predicted molar refractivity (Wildman–Crippen MR) is 79.1 cm³/mol. The molecule has 0 heterocycles. The molecular weight excluding hydrogens is 296 g/mol. The number of hydrogen-bond donors (Lipinski definition) is 2. The normalized spacial score (nSPS) is 10.7. The van der Waals surface area contributed by atoms with Gasteiger partial charge in [-0.05, 0) is 31.2 Å². The fourth-order valence-electron chi connectivity index (χ4n) is 1.79. The van der Waals surface area contributed by atoms with Crippen molar-refractivity contribution in [2.24, 2.45) is 0 Å². The van der Waals surface area contributed by atoms with Gasteiger partial charge in [-0.1, -0.05) is 35.5 Å². The largest absolute Gasteiger partial charge is 0.507 e. The minimum Gasteiger partial charge on any atom is -0.507 e. The summed E-state index contributed by atoms with van der Waals surface area (Å²) in [6.07, 6.45) is 0. The number of phenols is 1. The molecule has 3 nitrogen and oxygen atoms in total. The molecule has 0 aliphatic heterocycles. The molecule has 2 aromatic carbocycles. The van der Waals surface area contributed by atoms with E-state index in [1.807, 2.05) is 0 Å². The summed E-state index contributed by atoms with van der Waals surface area (Å²) in [7, 11) is 0. The lowest BCUT2D eigenvalue weighted by Gasteiger charge is -2.11. The van der Waals surface area contributed by atoms with Crippen molar-refractivity contribution < 1.29 is 18.7 Å². The van der Waals surface area contributed by atoms with Gasteiger partial charge in [0.15, 0.2) is 0 Å². The smallest absolute Gasteiger partial charge is 0.288 e. The van der Waals surface area contributed by atoms with E-state index in [9.17, 15) is 18.7 Å². The Morgan fingerprint density at radius 2 is 1.95 bits per heavy atom. The van der Waals surface area contributed by atoms with Crippen LogP contribution in [0.4, 0.5) is 14.5 Å². The number of hydrogen-bond acceptors (Lipinski definition) is 3. The molecule has 0 atom stereocenters. The summed E-state index contributed by atoms with van der Waals surface area (Å²) in [5.41, 5.74) is 1.20. The number of amides is 1. The molecule has 0 bridgehead atoms. The zero-order valence-corrected chi connectivity index (χ0v) is 12.0. The Labute approximate surface area is 125 Å². The summed E-state index contributed by atoms with van der Waals surface area (Å²) < 4.78 is 25.0. The Hall–Kier alpha value is -2.08. The maximum Gasteiger partial charge on any atom is 0.288 e. The Morgan fingerprint density at radius 3 is 2.67 bits per heavy atom. The van der Waals surface area contributed by atoms with Crippen LogP contribution in [0.15, 0.2) is 47.4 Å². The van der Waals surface area contributed by atoms with E-state index in [1.165, 1.54) is 24.3 Å². The van der Waals surface area contributed by atoms with E-state index in [0.29, 0.717) is 11.8 Å². The first-order valence-corrected chi connectivity index (χ1v) is 7.00. The van der Waals surface area contributed by atoms with Crippen molar-refractivity contribution in [3.05, 3.63) is 53.6 Å². The maximum absolute atomic E-state index is 12.5. The van der Waals surface area contributed by atoms with Crippen LogP contribution in [0.1, 0.15) is 15.9 Å². The van der Waals surface area contributed by atoms with E-state index >= 15 is 0 Å². The minimum atomic E-state index is -2.57. The average molecular weight is 309 g/mol. The second kappa shape index (κ2) is 6.58. The number of benzene rings is 2. The third kappa shape index (κ3) is 3.95. The fraction of sp³-hybridized carbons (Fsp3) is 0.133. The van der Waals surface area contributed by atoms with Crippen LogP contribution in [-0.4, -0.2) is 16.8 Å². The quantitative estimate of drug-likeness (QED) is 0.829. The molecule has 6 heteroatoms. The molecule has 0 aliphatic carbocycles. The number of aromatic hydroxyl groups is 1. The highest BCUT2D eigenvalue weighted by Crippen LogP contribution is 2.32. The lowest BCUT2D eigenvalue weighted by molar-refractivity contribution is 0.102. The van der Waals surface area contributed by atoms with Gasteiger partial charge in [-0.15, -0.1) is 0 Å². The SMILES string of the molecule is Cc1ccc(O)c(C(=O)Nc2ccccc2SC(F)F)c1. The van der Waals surface area contributed by atoms with E-state index in [2.05, 4.69) is 5.32 Å². The van der Waals surface area contributed by atoms with Gasteiger partial charge in [0, 0.05) is 4.90 Å². The van der Waals surface area contributed by atoms with Crippen LogP contribution in [0.25, 0.3) is 0 Å². The van der Waals surface area contributed by atoms with E-state index in [0.717, 1.165) is 5.56 Å². The molecule has 2 rings (SSSR count). The Morgan fingerprint density at radius 1 is 1.24 bits per heavy atom. The zero-order chi connectivity index (χ0) is 15.4. The lowest BCUT2D eigenvalue weighted by Crippen LogP contribution is -2.13. The van der Waals surface area contributed by atoms with Crippen LogP contribution < -0.4 is 5.32 Å². The van der Waals surface area contributed by atoms with Crippen LogP contribution >= 0.6 is 11.8 Å². The van der Waals surface area contributed by atoms with Gasteiger partial charge in [-0.2, -0.15) is 8.78 Å². The van der Waals surface area contributed by atoms with Crippen molar-refractivity contribution in [2.75, 3.05) is 5.32 Å². The van der Waals surface area contributed by atoms with Gasteiger partial charge in [0.25, 0.3) is 11.7 Å². The Kier molecular flexibility index (Phi) is 4.80. The molecule has 0 aliphatic rings. The van der Waals surface area contributed by atoms with Crippen molar-refractivity contribution >= 4 is 23.4 Å². The van der Waals surface area contributed by atoms with Gasteiger partial charge >= 0.3 is 0 Å². The van der Waals surface area contributed by atoms with Gasteiger partial charge in [-0.25, -0.2) is 0 Å². The summed E-state index contributed by atoms with van der Waals surface area (Å²) in [6.45, 7) is 1.79. The van der Waals surface area contributed by atoms with Crippen molar-refractivity contribution in [3.8, 4) is 5.75 Å². The number of para-hydroxylation sites is 1. The Bertz CT molecular complexity index is 662. The molecule has 0 aromatic heterocycles. The number of nitrogens with one attached hydrogen (secondary N) is 1. The number of anilines is 1. The number of carbonyl (C=O) groups excluding carboxylic acids is 1. The molecular formula is C15H13F2NO2S. The molecule has 0 saturated carbocycles. The van der Waals surface area contributed by atoms with Crippen LogP contribution in [0.3, 0.4) is 0 Å². The average Bonchev–Trinajstić information content (AvgIpc) is 2.43.